The molecule has 2 saturated carbocycles. The Bertz CT molecular complexity index is 309. The molecule has 0 unspecified atom stereocenters. The Kier molecular flexibility index (Phi) is 1.80. The van der Waals surface area contributed by atoms with Crippen molar-refractivity contribution in [1.29, 1.82) is 0 Å². The molecule has 0 N–H and O–H groups in total. The van der Waals surface area contributed by atoms with E-state index in [0.29, 0.717) is 10.8 Å². The highest BCUT2D eigenvalue weighted by Crippen LogP contribution is 2.80. The number of hydrogen-bond donors (Lipinski definition) is 0. The fraction of sp³-hybridized carbons (Fsp3) is 0.769. The van der Waals surface area contributed by atoms with Crippen molar-refractivity contribution in [2.45, 2.75) is 38.5 Å². The summed E-state index contributed by atoms with van der Waals surface area (Å²) in [5.74, 6) is 0.244. The molecule has 2 fully saturated rings. The van der Waals surface area contributed by atoms with E-state index in [9.17, 15) is 4.79 Å². The number of methoxy groups -OCH3 is 1. The summed E-state index contributed by atoms with van der Waals surface area (Å²) in [6.45, 7) is 0. The number of hydrogen-bond acceptors (Lipinski definition) is 2. The minimum Gasteiger partial charge on any atom is -0.469 e. The molecule has 0 bridgehead atoms. The Morgan fingerprint density at radius 3 is 2.20 bits per heavy atom. The van der Waals surface area contributed by atoms with Crippen LogP contribution in [0, 0.1) is 16.7 Å². The van der Waals surface area contributed by atoms with E-state index in [2.05, 4.69) is 12.2 Å². The maximum absolute atomic E-state index is 11.8. The maximum atomic E-state index is 11.8. The van der Waals surface area contributed by atoms with Gasteiger partial charge in [-0.15, -0.1) is 0 Å². The Labute approximate surface area is 90.7 Å². The minimum atomic E-state index is 0.0422. The van der Waals surface area contributed by atoms with Gasteiger partial charge in [0.1, 0.15) is 0 Å². The summed E-state index contributed by atoms with van der Waals surface area (Å²) >= 11 is 0. The maximum Gasteiger partial charge on any atom is 0.309 e. The van der Waals surface area contributed by atoms with Crippen LogP contribution in [0.2, 0.25) is 0 Å². The lowest BCUT2D eigenvalue weighted by atomic mass is 9.73. The predicted molar refractivity (Wildman–Crippen MR) is 57.2 cm³/mol. The molecule has 0 radical (unpaired) electrons. The van der Waals surface area contributed by atoms with Gasteiger partial charge in [0, 0.05) is 0 Å². The fourth-order valence-electron chi connectivity index (χ4n) is 4.41. The van der Waals surface area contributed by atoms with Crippen LogP contribution in [0.15, 0.2) is 12.2 Å². The average Bonchev–Trinajstić information content (AvgIpc) is 2.92. The third-order valence-electron chi connectivity index (χ3n) is 5.08. The molecule has 0 saturated heterocycles. The highest BCUT2D eigenvalue weighted by atomic mass is 16.5. The molecule has 0 spiro atoms. The van der Waals surface area contributed by atoms with Gasteiger partial charge in [-0.3, -0.25) is 4.79 Å². The van der Waals surface area contributed by atoms with Crippen LogP contribution in [-0.4, -0.2) is 13.1 Å². The number of esters is 1. The van der Waals surface area contributed by atoms with Crippen LogP contribution in [0.4, 0.5) is 0 Å². The topological polar surface area (TPSA) is 26.3 Å². The van der Waals surface area contributed by atoms with Crippen molar-refractivity contribution in [3.8, 4) is 0 Å². The zero-order chi connectivity index (χ0) is 10.5. The van der Waals surface area contributed by atoms with E-state index in [4.69, 9.17) is 4.74 Å². The first-order valence-corrected chi connectivity index (χ1v) is 6.00. The van der Waals surface area contributed by atoms with E-state index in [1.807, 2.05) is 0 Å². The molecule has 2 atom stereocenters. The summed E-state index contributed by atoms with van der Waals surface area (Å²) in [5, 5.41) is 0. The molecular formula is C13H18O2. The van der Waals surface area contributed by atoms with Gasteiger partial charge in [-0.1, -0.05) is 25.0 Å². The van der Waals surface area contributed by atoms with Crippen LogP contribution < -0.4 is 0 Å². The number of allylic oxidation sites excluding steroid dienone is 2. The molecule has 0 aromatic rings. The smallest absolute Gasteiger partial charge is 0.309 e. The molecule has 0 amide bonds. The molecule has 0 aromatic carbocycles. The van der Waals surface area contributed by atoms with Gasteiger partial charge in [0.05, 0.1) is 13.0 Å². The van der Waals surface area contributed by atoms with E-state index in [-0.39, 0.29) is 11.9 Å². The standard InChI is InChI=1S/C13H18O2/c1-15-11(14)10-12-6-2-3-7-13(10,12)9-5-4-8-12/h2-3,10H,4-9H2,1H3/t12-,13-/m0/s1. The highest BCUT2D eigenvalue weighted by molar-refractivity contribution is 5.79. The summed E-state index contributed by atoms with van der Waals surface area (Å²) in [6, 6.07) is 0. The molecule has 0 heterocycles. The first-order chi connectivity index (χ1) is 7.27. The third-order valence-corrected chi connectivity index (χ3v) is 5.08. The second-order valence-electron chi connectivity index (χ2n) is 5.36. The lowest BCUT2D eigenvalue weighted by molar-refractivity contribution is -0.143. The zero-order valence-electron chi connectivity index (χ0n) is 9.29. The molecule has 15 heavy (non-hydrogen) atoms. The first-order valence-electron chi connectivity index (χ1n) is 6.00. The van der Waals surface area contributed by atoms with E-state index in [0.717, 1.165) is 12.8 Å². The zero-order valence-corrected chi connectivity index (χ0v) is 9.29. The molecule has 2 nitrogen and oxygen atoms in total. The van der Waals surface area contributed by atoms with Crippen molar-refractivity contribution in [2.75, 3.05) is 7.11 Å². The number of carbonyl (C=O) groups excluding carboxylic acids is 1. The van der Waals surface area contributed by atoms with Gasteiger partial charge >= 0.3 is 5.97 Å². The van der Waals surface area contributed by atoms with Gasteiger partial charge in [0.25, 0.3) is 0 Å². The Balaban J connectivity index is 1.96. The largest absolute Gasteiger partial charge is 0.469 e. The van der Waals surface area contributed by atoms with Gasteiger partial charge in [0.15, 0.2) is 0 Å². The van der Waals surface area contributed by atoms with Crippen molar-refractivity contribution in [1.82, 2.24) is 0 Å². The van der Waals surface area contributed by atoms with Crippen LogP contribution in [0.3, 0.4) is 0 Å². The van der Waals surface area contributed by atoms with Crippen molar-refractivity contribution < 1.29 is 9.53 Å². The summed E-state index contributed by atoms with van der Waals surface area (Å²) < 4.78 is 4.98. The van der Waals surface area contributed by atoms with Crippen molar-refractivity contribution >= 4 is 5.97 Å². The predicted octanol–water partition coefficient (Wildman–Crippen LogP) is 2.69. The van der Waals surface area contributed by atoms with Crippen LogP contribution in [-0.2, 0) is 9.53 Å². The lowest BCUT2D eigenvalue weighted by Gasteiger charge is -2.31. The summed E-state index contributed by atoms with van der Waals surface area (Å²) in [6.07, 6.45) is 11.8. The molecule has 0 aromatic heterocycles. The molecule has 3 aliphatic rings. The normalized spacial score (nSPS) is 46.6. The molecule has 3 rings (SSSR count). The van der Waals surface area contributed by atoms with Gasteiger partial charge in [-0.05, 0) is 36.5 Å². The Morgan fingerprint density at radius 2 is 1.73 bits per heavy atom. The van der Waals surface area contributed by atoms with Crippen molar-refractivity contribution in [3.63, 3.8) is 0 Å². The molecule has 0 aliphatic heterocycles. The Hall–Kier alpha value is -0.790. The fourth-order valence-corrected chi connectivity index (χ4v) is 4.41. The van der Waals surface area contributed by atoms with Gasteiger partial charge < -0.3 is 4.74 Å². The number of carbonyl (C=O) groups is 1. The van der Waals surface area contributed by atoms with Crippen LogP contribution in [0.25, 0.3) is 0 Å². The van der Waals surface area contributed by atoms with Gasteiger partial charge in [-0.25, -0.2) is 0 Å². The summed E-state index contributed by atoms with van der Waals surface area (Å²) in [5.41, 5.74) is 0.597. The van der Waals surface area contributed by atoms with Crippen LogP contribution >= 0.6 is 0 Å². The van der Waals surface area contributed by atoms with Crippen LogP contribution in [0.5, 0.6) is 0 Å². The second kappa shape index (κ2) is 2.87. The summed E-state index contributed by atoms with van der Waals surface area (Å²) in [7, 11) is 1.53. The van der Waals surface area contributed by atoms with E-state index in [1.54, 1.807) is 0 Å². The second-order valence-corrected chi connectivity index (χ2v) is 5.36. The van der Waals surface area contributed by atoms with Gasteiger partial charge in [-0.2, -0.15) is 0 Å². The Morgan fingerprint density at radius 1 is 1.20 bits per heavy atom. The highest BCUT2D eigenvalue weighted by Gasteiger charge is 2.78. The quantitative estimate of drug-likeness (QED) is 0.487. The SMILES string of the molecule is COC(=O)C1[C@@]23CC=CC[C@]12CCCC3. The first kappa shape index (κ1) is 9.44. The number of rotatable bonds is 1. The number of ether oxygens (including phenoxy) is 1. The van der Waals surface area contributed by atoms with E-state index in [1.165, 1.54) is 32.8 Å². The van der Waals surface area contributed by atoms with E-state index < -0.39 is 0 Å². The summed E-state index contributed by atoms with van der Waals surface area (Å²) in [4.78, 5) is 11.8. The van der Waals surface area contributed by atoms with Crippen molar-refractivity contribution in [2.24, 2.45) is 16.7 Å². The minimum absolute atomic E-state index is 0.0422. The molecule has 82 valence electrons. The lowest BCUT2D eigenvalue weighted by Crippen LogP contribution is -2.20. The third kappa shape index (κ3) is 0.932. The molecular weight excluding hydrogens is 188 g/mol. The molecule has 3 aliphatic carbocycles. The van der Waals surface area contributed by atoms with Crippen molar-refractivity contribution in [3.05, 3.63) is 12.2 Å². The average molecular weight is 206 g/mol. The monoisotopic (exact) mass is 206 g/mol. The van der Waals surface area contributed by atoms with Crippen LogP contribution in [0.1, 0.15) is 38.5 Å². The van der Waals surface area contributed by atoms with Gasteiger partial charge in [0.2, 0.25) is 0 Å². The molecule has 2 heteroatoms. The van der Waals surface area contributed by atoms with E-state index >= 15 is 0 Å².